The Morgan fingerprint density at radius 1 is 1.05 bits per heavy atom. The van der Waals surface area contributed by atoms with Crippen LogP contribution in [0.25, 0.3) is 10.9 Å². The number of pyridine rings is 1. The van der Waals surface area contributed by atoms with E-state index in [-0.39, 0.29) is 6.04 Å². The predicted octanol–water partition coefficient (Wildman–Crippen LogP) is 3.71. The lowest BCUT2D eigenvalue weighted by Gasteiger charge is -2.19. The molecule has 4 aromatic rings. The zero-order valence-electron chi connectivity index (χ0n) is 12.3. The first-order valence-corrected chi connectivity index (χ1v) is 7.29. The Kier molecular flexibility index (Phi) is 3.00. The van der Waals surface area contributed by atoms with Crippen LogP contribution in [0.15, 0.2) is 67.5 Å². The summed E-state index contributed by atoms with van der Waals surface area (Å²) in [7, 11) is 0. The van der Waals surface area contributed by atoms with Crippen molar-refractivity contribution in [3.05, 3.63) is 84.3 Å². The lowest BCUT2D eigenvalue weighted by Crippen LogP contribution is -2.11. The van der Waals surface area contributed by atoms with E-state index in [2.05, 4.69) is 56.8 Å². The summed E-state index contributed by atoms with van der Waals surface area (Å²) < 4.78 is 2.12. The maximum Gasteiger partial charge on any atom is 0.0954 e. The number of aromatic amines is 1. The van der Waals surface area contributed by atoms with E-state index < -0.39 is 0 Å². The molecule has 4 heteroatoms. The number of hydrogen-bond donors (Lipinski definition) is 1. The first-order valence-electron chi connectivity index (χ1n) is 7.29. The van der Waals surface area contributed by atoms with Crippen molar-refractivity contribution >= 4 is 10.9 Å². The molecular weight excluding hydrogens is 272 g/mol. The Morgan fingerprint density at radius 2 is 1.95 bits per heavy atom. The number of nitrogens with zero attached hydrogens (tertiary/aromatic N) is 3. The molecule has 3 aromatic heterocycles. The van der Waals surface area contributed by atoms with Crippen LogP contribution in [-0.2, 0) is 0 Å². The summed E-state index contributed by atoms with van der Waals surface area (Å²) in [6, 6.07) is 12.6. The molecule has 0 saturated heterocycles. The monoisotopic (exact) mass is 288 g/mol. The lowest BCUT2D eigenvalue weighted by atomic mass is 9.97. The molecule has 0 amide bonds. The molecule has 0 radical (unpaired) electrons. The van der Waals surface area contributed by atoms with Gasteiger partial charge >= 0.3 is 0 Å². The molecule has 4 nitrogen and oxygen atoms in total. The lowest BCUT2D eigenvalue weighted by molar-refractivity contribution is 0.674. The average Bonchev–Trinajstić information content (AvgIpc) is 3.18. The van der Waals surface area contributed by atoms with Crippen molar-refractivity contribution in [3.8, 4) is 0 Å². The van der Waals surface area contributed by atoms with Gasteiger partial charge in [0.1, 0.15) is 0 Å². The molecule has 1 N–H and O–H groups in total. The third-order valence-corrected chi connectivity index (χ3v) is 4.04. The molecule has 4 rings (SSSR count). The Balaban J connectivity index is 2.00. The largest absolute Gasteiger partial charge is 0.358 e. The molecular formula is C18H16N4. The minimum absolute atomic E-state index is 0.0624. The Hall–Kier alpha value is -2.88. The number of nitrogens with one attached hydrogen (secondary N) is 1. The zero-order chi connectivity index (χ0) is 14.9. The molecule has 1 aromatic carbocycles. The van der Waals surface area contributed by atoms with Crippen LogP contribution in [0.1, 0.15) is 22.9 Å². The fourth-order valence-corrected chi connectivity index (χ4v) is 3.10. The second-order valence-corrected chi connectivity index (χ2v) is 5.41. The molecule has 0 fully saturated rings. The van der Waals surface area contributed by atoms with Gasteiger partial charge in [0.05, 0.1) is 12.4 Å². The van der Waals surface area contributed by atoms with Gasteiger partial charge < -0.3 is 9.55 Å². The number of aromatic nitrogens is 4. The predicted molar refractivity (Wildman–Crippen MR) is 86.7 cm³/mol. The first kappa shape index (κ1) is 12.8. The van der Waals surface area contributed by atoms with Gasteiger partial charge in [0.15, 0.2) is 0 Å². The zero-order valence-corrected chi connectivity index (χ0v) is 12.3. The van der Waals surface area contributed by atoms with Gasteiger partial charge in [-0.15, -0.1) is 0 Å². The van der Waals surface area contributed by atoms with Crippen LogP contribution in [0, 0.1) is 6.92 Å². The van der Waals surface area contributed by atoms with E-state index in [0.29, 0.717) is 0 Å². The highest BCUT2D eigenvalue weighted by molar-refractivity contribution is 5.85. The molecule has 1 unspecified atom stereocenters. The number of fused-ring (bicyclic) bond motifs is 1. The van der Waals surface area contributed by atoms with Crippen LogP contribution < -0.4 is 0 Å². The first-order chi connectivity index (χ1) is 10.8. The van der Waals surface area contributed by atoms with Crippen LogP contribution in [0.5, 0.6) is 0 Å². The van der Waals surface area contributed by atoms with Crippen LogP contribution in [-0.4, -0.2) is 19.5 Å². The summed E-state index contributed by atoms with van der Waals surface area (Å²) in [6.07, 6.45) is 9.40. The molecule has 1 atom stereocenters. The topological polar surface area (TPSA) is 46.5 Å². The van der Waals surface area contributed by atoms with Crippen molar-refractivity contribution in [3.63, 3.8) is 0 Å². The molecule has 0 aliphatic carbocycles. The number of H-pyrrole nitrogens is 1. The van der Waals surface area contributed by atoms with Crippen molar-refractivity contribution in [2.75, 3.05) is 0 Å². The summed E-state index contributed by atoms with van der Waals surface area (Å²) in [5, 5.41) is 1.24. The minimum atomic E-state index is 0.0624. The second kappa shape index (κ2) is 5.15. The van der Waals surface area contributed by atoms with Crippen molar-refractivity contribution in [1.82, 2.24) is 19.5 Å². The highest BCUT2D eigenvalue weighted by Gasteiger charge is 2.22. The molecule has 3 heterocycles. The standard InChI is InChI=1S/C18H16N4/c1-13-17(15-6-2-3-7-16(15)21-13)18(22-10-9-20-12-22)14-5-4-8-19-11-14/h2-12,18,21H,1H3. The number of aryl methyl sites for hydroxylation is 1. The molecule has 0 aliphatic rings. The van der Waals surface area contributed by atoms with E-state index in [1.54, 1.807) is 6.20 Å². The van der Waals surface area contributed by atoms with Crippen LogP contribution >= 0.6 is 0 Å². The number of hydrogen-bond acceptors (Lipinski definition) is 2. The van der Waals surface area contributed by atoms with Gasteiger partial charge in [0.25, 0.3) is 0 Å². The fourth-order valence-electron chi connectivity index (χ4n) is 3.10. The van der Waals surface area contributed by atoms with E-state index in [9.17, 15) is 0 Å². The van der Waals surface area contributed by atoms with Gasteiger partial charge in [-0.3, -0.25) is 4.98 Å². The van der Waals surface area contributed by atoms with Gasteiger partial charge in [-0.1, -0.05) is 24.3 Å². The van der Waals surface area contributed by atoms with Gasteiger partial charge in [-0.2, -0.15) is 0 Å². The molecule has 0 saturated carbocycles. The summed E-state index contributed by atoms with van der Waals surface area (Å²) in [4.78, 5) is 12.0. The molecule has 0 aliphatic heterocycles. The third-order valence-electron chi connectivity index (χ3n) is 4.04. The quantitative estimate of drug-likeness (QED) is 0.624. The second-order valence-electron chi connectivity index (χ2n) is 5.41. The Morgan fingerprint density at radius 3 is 2.73 bits per heavy atom. The summed E-state index contributed by atoms with van der Waals surface area (Å²) in [5.41, 5.74) is 4.74. The average molecular weight is 288 g/mol. The van der Waals surface area contributed by atoms with Crippen LogP contribution in [0.3, 0.4) is 0 Å². The number of rotatable bonds is 3. The summed E-state index contributed by atoms with van der Waals surface area (Å²) >= 11 is 0. The molecule has 108 valence electrons. The van der Waals surface area contributed by atoms with Crippen molar-refractivity contribution < 1.29 is 0 Å². The van der Waals surface area contributed by atoms with Gasteiger partial charge in [0, 0.05) is 46.9 Å². The fraction of sp³-hybridized carbons (Fsp3) is 0.111. The summed E-state index contributed by atoms with van der Waals surface area (Å²) in [6.45, 7) is 2.12. The van der Waals surface area contributed by atoms with E-state index in [1.807, 2.05) is 31.0 Å². The number of imidazole rings is 1. The van der Waals surface area contributed by atoms with E-state index in [1.165, 1.54) is 16.6 Å². The van der Waals surface area contributed by atoms with Gasteiger partial charge in [-0.05, 0) is 24.6 Å². The van der Waals surface area contributed by atoms with Gasteiger partial charge in [-0.25, -0.2) is 4.98 Å². The molecule has 22 heavy (non-hydrogen) atoms. The number of para-hydroxylation sites is 1. The normalized spacial score (nSPS) is 12.6. The maximum absolute atomic E-state index is 4.29. The Labute approximate surface area is 128 Å². The Bertz CT molecular complexity index is 891. The van der Waals surface area contributed by atoms with E-state index >= 15 is 0 Å². The molecule has 0 spiro atoms. The van der Waals surface area contributed by atoms with Crippen molar-refractivity contribution in [2.24, 2.45) is 0 Å². The highest BCUT2D eigenvalue weighted by atomic mass is 15.1. The smallest absolute Gasteiger partial charge is 0.0954 e. The van der Waals surface area contributed by atoms with Gasteiger partial charge in [0.2, 0.25) is 0 Å². The number of benzene rings is 1. The van der Waals surface area contributed by atoms with Crippen LogP contribution in [0.2, 0.25) is 0 Å². The van der Waals surface area contributed by atoms with Crippen molar-refractivity contribution in [1.29, 1.82) is 0 Å². The SMILES string of the molecule is Cc1[nH]c2ccccc2c1C(c1cccnc1)n1ccnc1. The summed E-state index contributed by atoms with van der Waals surface area (Å²) in [5.74, 6) is 0. The van der Waals surface area contributed by atoms with Crippen molar-refractivity contribution in [2.45, 2.75) is 13.0 Å². The van der Waals surface area contributed by atoms with E-state index in [4.69, 9.17) is 0 Å². The highest BCUT2D eigenvalue weighted by Crippen LogP contribution is 2.34. The minimum Gasteiger partial charge on any atom is -0.358 e. The van der Waals surface area contributed by atoms with E-state index in [0.717, 1.165) is 11.1 Å². The maximum atomic E-state index is 4.29. The van der Waals surface area contributed by atoms with Crippen LogP contribution in [0.4, 0.5) is 0 Å². The third kappa shape index (κ3) is 2.00. The molecule has 0 bridgehead atoms.